The third-order valence-electron chi connectivity index (χ3n) is 3.65. The number of phenolic OH excluding ortho intramolecular Hbond substituents is 1. The molecule has 0 amide bonds. The van der Waals surface area contributed by atoms with Gasteiger partial charge in [-0.15, -0.1) is 0 Å². The van der Waals surface area contributed by atoms with E-state index in [2.05, 4.69) is 17.9 Å². The predicted molar refractivity (Wildman–Crippen MR) is 71.2 cm³/mol. The van der Waals surface area contributed by atoms with Crippen molar-refractivity contribution in [1.29, 1.82) is 5.26 Å². The van der Waals surface area contributed by atoms with E-state index in [0.717, 1.165) is 30.6 Å². The summed E-state index contributed by atoms with van der Waals surface area (Å²) in [5.41, 5.74) is 1.82. The Labute approximate surface area is 109 Å². The molecule has 0 aromatic heterocycles. The average Bonchev–Trinajstić information content (AvgIpc) is 2.35. The lowest BCUT2D eigenvalue weighted by molar-refractivity contribution is 0.155. The highest BCUT2D eigenvalue weighted by Gasteiger charge is 2.26. The highest BCUT2D eigenvalue weighted by Crippen LogP contribution is 2.32. The number of nitriles is 1. The van der Waals surface area contributed by atoms with Crippen molar-refractivity contribution in [2.45, 2.75) is 32.7 Å². The molecule has 0 aliphatic carbocycles. The minimum absolute atomic E-state index is 0.227. The molecule has 0 spiro atoms. The average molecular weight is 244 g/mol. The van der Waals surface area contributed by atoms with E-state index < -0.39 is 0 Å². The number of nitrogens with zero attached hydrogens (tertiary/aromatic N) is 2. The number of benzene rings is 1. The van der Waals surface area contributed by atoms with Crippen molar-refractivity contribution < 1.29 is 5.11 Å². The first-order chi connectivity index (χ1) is 8.61. The fourth-order valence-corrected chi connectivity index (χ4v) is 2.70. The molecule has 0 bridgehead atoms. The van der Waals surface area contributed by atoms with Crippen molar-refractivity contribution in [3.05, 3.63) is 29.3 Å². The molecule has 1 aliphatic rings. The molecular formula is C15H20N2O. The van der Waals surface area contributed by atoms with Crippen molar-refractivity contribution in [3.8, 4) is 11.8 Å². The van der Waals surface area contributed by atoms with E-state index in [1.165, 1.54) is 6.42 Å². The molecule has 1 saturated heterocycles. The van der Waals surface area contributed by atoms with E-state index in [1.54, 1.807) is 6.07 Å². The number of hydrogen-bond donors (Lipinski definition) is 1. The molecule has 3 heteroatoms. The Bertz CT molecular complexity index is 464. The zero-order valence-electron chi connectivity index (χ0n) is 11.1. The van der Waals surface area contributed by atoms with Crippen molar-refractivity contribution in [2.24, 2.45) is 5.92 Å². The van der Waals surface area contributed by atoms with E-state index >= 15 is 0 Å². The van der Waals surface area contributed by atoms with E-state index in [0.29, 0.717) is 5.92 Å². The molecule has 1 aromatic rings. The van der Waals surface area contributed by atoms with Crippen LogP contribution in [0.5, 0.6) is 5.75 Å². The normalized spacial score (nSPS) is 22.4. The first kappa shape index (κ1) is 12.9. The first-order valence-electron chi connectivity index (χ1n) is 6.55. The van der Waals surface area contributed by atoms with Gasteiger partial charge in [-0.25, -0.2) is 0 Å². The van der Waals surface area contributed by atoms with Gasteiger partial charge < -0.3 is 5.11 Å². The Hall–Kier alpha value is -1.53. The molecule has 2 rings (SSSR count). The van der Waals surface area contributed by atoms with E-state index in [4.69, 9.17) is 0 Å². The van der Waals surface area contributed by atoms with Gasteiger partial charge >= 0.3 is 0 Å². The zero-order valence-corrected chi connectivity index (χ0v) is 11.1. The van der Waals surface area contributed by atoms with Crippen molar-refractivity contribution in [1.82, 2.24) is 4.90 Å². The van der Waals surface area contributed by atoms with Crippen LogP contribution in [-0.2, 0) is 0 Å². The summed E-state index contributed by atoms with van der Waals surface area (Å²) in [5, 5.41) is 19.4. The number of piperidine rings is 1. The predicted octanol–water partition coefficient (Wildman–Crippen LogP) is 3.00. The molecule has 0 radical (unpaired) electrons. The van der Waals surface area contributed by atoms with Crippen molar-refractivity contribution >= 4 is 0 Å². The van der Waals surface area contributed by atoms with Crippen LogP contribution in [0.1, 0.15) is 36.9 Å². The minimum Gasteiger partial charge on any atom is -0.508 e. The van der Waals surface area contributed by atoms with Gasteiger partial charge in [0.15, 0.2) is 0 Å². The second kappa shape index (κ2) is 5.41. The van der Waals surface area contributed by atoms with Gasteiger partial charge in [0.05, 0.1) is 6.07 Å². The van der Waals surface area contributed by atoms with Crippen LogP contribution in [0.25, 0.3) is 0 Å². The van der Waals surface area contributed by atoms with Crippen LogP contribution >= 0.6 is 0 Å². The smallest absolute Gasteiger partial charge is 0.127 e. The number of likely N-dealkylation sites (tertiary alicyclic amines) is 1. The lowest BCUT2D eigenvalue weighted by Crippen LogP contribution is -2.36. The first-order valence-corrected chi connectivity index (χ1v) is 6.55. The lowest BCUT2D eigenvalue weighted by Gasteiger charge is -2.34. The Kier molecular flexibility index (Phi) is 3.88. The molecule has 18 heavy (non-hydrogen) atoms. The van der Waals surface area contributed by atoms with Gasteiger partial charge in [-0.3, -0.25) is 4.90 Å². The molecule has 1 N–H and O–H groups in total. The summed E-state index contributed by atoms with van der Waals surface area (Å²) in [6.45, 7) is 6.08. The third-order valence-corrected chi connectivity index (χ3v) is 3.65. The van der Waals surface area contributed by atoms with Gasteiger partial charge in [0.2, 0.25) is 0 Å². The van der Waals surface area contributed by atoms with Crippen LogP contribution in [0.15, 0.2) is 18.2 Å². The van der Waals surface area contributed by atoms with Gasteiger partial charge in [-0.05, 0) is 44.4 Å². The summed E-state index contributed by atoms with van der Waals surface area (Å²) in [6.07, 6.45) is 2.36. The Balaban J connectivity index is 2.28. The summed E-state index contributed by atoms with van der Waals surface area (Å²) in [4.78, 5) is 2.18. The standard InChI is InChI=1S/C15H20N2O/c1-11-5-6-15(18)13(8-11)14(9-16)17-7-3-4-12(2)10-17/h5-6,8,12,14,18H,3-4,7,10H2,1-2H3. The second-order valence-electron chi connectivity index (χ2n) is 5.34. The monoisotopic (exact) mass is 244 g/mol. The van der Waals surface area contributed by atoms with Gasteiger partial charge in [0.1, 0.15) is 11.8 Å². The number of aryl methyl sites for hydroxylation is 1. The molecule has 1 aliphatic heterocycles. The summed E-state index contributed by atoms with van der Waals surface area (Å²) in [7, 11) is 0. The summed E-state index contributed by atoms with van der Waals surface area (Å²) < 4.78 is 0. The summed E-state index contributed by atoms with van der Waals surface area (Å²) in [6, 6.07) is 7.49. The molecule has 96 valence electrons. The maximum Gasteiger partial charge on any atom is 0.127 e. The highest BCUT2D eigenvalue weighted by atomic mass is 16.3. The number of rotatable bonds is 2. The fraction of sp³-hybridized carbons (Fsp3) is 0.533. The lowest BCUT2D eigenvalue weighted by atomic mass is 9.95. The Morgan fingerprint density at radius 1 is 1.50 bits per heavy atom. The van der Waals surface area contributed by atoms with Gasteiger partial charge in [0.25, 0.3) is 0 Å². The van der Waals surface area contributed by atoms with Gasteiger partial charge in [-0.2, -0.15) is 5.26 Å². The van der Waals surface area contributed by atoms with Crippen LogP contribution in [0, 0.1) is 24.2 Å². The van der Waals surface area contributed by atoms with E-state index in [-0.39, 0.29) is 11.8 Å². The highest BCUT2D eigenvalue weighted by molar-refractivity contribution is 5.40. The van der Waals surface area contributed by atoms with Crippen LogP contribution in [-0.4, -0.2) is 23.1 Å². The number of aromatic hydroxyl groups is 1. The quantitative estimate of drug-likeness (QED) is 0.870. The molecule has 1 fully saturated rings. The molecule has 2 unspecified atom stereocenters. The second-order valence-corrected chi connectivity index (χ2v) is 5.34. The van der Waals surface area contributed by atoms with E-state index in [9.17, 15) is 10.4 Å². The van der Waals surface area contributed by atoms with E-state index in [1.807, 2.05) is 19.1 Å². The SMILES string of the molecule is Cc1ccc(O)c(C(C#N)N2CCCC(C)C2)c1. The maximum absolute atomic E-state index is 9.96. The minimum atomic E-state index is -0.326. The van der Waals surface area contributed by atoms with Crippen LogP contribution < -0.4 is 0 Å². The third kappa shape index (κ3) is 2.65. The topological polar surface area (TPSA) is 47.3 Å². The number of phenols is 1. The maximum atomic E-state index is 9.96. The summed E-state index contributed by atoms with van der Waals surface area (Å²) in [5.74, 6) is 0.854. The molecular weight excluding hydrogens is 224 g/mol. The number of hydrogen-bond acceptors (Lipinski definition) is 3. The molecule has 1 aromatic carbocycles. The molecule has 0 saturated carbocycles. The van der Waals surface area contributed by atoms with Crippen molar-refractivity contribution in [2.75, 3.05) is 13.1 Å². The largest absolute Gasteiger partial charge is 0.508 e. The van der Waals surface area contributed by atoms with Crippen LogP contribution in [0.2, 0.25) is 0 Å². The molecule has 2 atom stereocenters. The molecule has 1 heterocycles. The molecule has 3 nitrogen and oxygen atoms in total. The van der Waals surface area contributed by atoms with Gasteiger partial charge in [-0.1, -0.05) is 18.6 Å². The zero-order chi connectivity index (χ0) is 13.1. The van der Waals surface area contributed by atoms with Crippen molar-refractivity contribution in [3.63, 3.8) is 0 Å². The van der Waals surface area contributed by atoms with Crippen LogP contribution in [0.4, 0.5) is 0 Å². The Morgan fingerprint density at radius 3 is 2.94 bits per heavy atom. The summed E-state index contributed by atoms with van der Waals surface area (Å²) >= 11 is 0. The van der Waals surface area contributed by atoms with Gasteiger partial charge in [0, 0.05) is 12.1 Å². The fourth-order valence-electron chi connectivity index (χ4n) is 2.70. The Morgan fingerprint density at radius 2 is 2.28 bits per heavy atom. The van der Waals surface area contributed by atoms with Crippen LogP contribution in [0.3, 0.4) is 0 Å².